The second-order valence-electron chi connectivity index (χ2n) is 6.20. The molecule has 4 aromatic rings. The van der Waals surface area contributed by atoms with Gasteiger partial charge in [0.15, 0.2) is 16.8 Å². The maximum Gasteiger partial charge on any atom is 0.196 e. The zero-order valence-corrected chi connectivity index (χ0v) is 16.7. The van der Waals surface area contributed by atoms with Crippen LogP contribution in [0.2, 0.25) is 5.02 Å². The third-order valence-corrected chi connectivity index (χ3v) is 5.43. The van der Waals surface area contributed by atoms with Gasteiger partial charge in [-0.25, -0.2) is 4.39 Å². The number of nitrogens with zero attached hydrogens (tertiary/aromatic N) is 3. The third-order valence-electron chi connectivity index (χ3n) is 4.25. The number of Topliss-reactive ketones (excluding diaryl/α,β-unsaturated/α-hetero) is 1. The van der Waals surface area contributed by atoms with Gasteiger partial charge in [0.1, 0.15) is 5.82 Å². The number of hydrogen-bond donors (Lipinski definition) is 0. The lowest BCUT2D eigenvalue weighted by Gasteiger charge is -2.10. The minimum Gasteiger partial charge on any atom is -0.293 e. The Morgan fingerprint density at radius 2 is 1.62 bits per heavy atom. The number of hydrogen-bond acceptors (Lipinski definition) is 4. The van der Waals surface area contributed by atoms with Gasteiger partial charge in [0.25, 0.3) is 0 Å². The fraction of sp³-hybridized carbons (Fsp3) is 0.0455. The molecule has 3 aromatic carbocycles. The van der Waals surface area contributed by atoms with E-state index in [4.69, 9.17) is 11.6 Å². The first-order chi connectivity index (χ1) is 14.1. The van der Waals surface area contributed by atoms with E-state index in [0.29, 0.717) is 21.6 Å². The highest BCUT2D eigenvalue weighted by Gasteiger charge is 2.17. The fourth-order valence-corrected chi connectivity index (χ4v) is 3.78. The van der Waals surface area contributed by atoms with E-state index in [9.17, 15) is 9.18 Å². The second kappa shape index (κ2) is 8.59. The van der Waals surface area contributed by atoms with Crippen molar-refractivity contribution in [3.05, 3.63) is 95.3 Å². The van der Waals surface area contributed by atoms with Crippen molar-refractivity contribution in [2.45, 2.75) is 5.16 Å². The normalized spacial score (nSPS) is 10.8. The Kier molecular flexibility index (Phi) is 5.74. The molecular formula is C22H15ClFN3OS. The van der Waals surface area contributed by atoms with Crippen molar-refractivity contribution in [1.29, 1.82) is 0 Å². The van der Waals surface area contributed by atoms with Crippen molar-refractivity contribution in [2.75, 3.05) is 5.75 Å². The van der Waals surface area contributed by atoms with E-state index < -0.39 is 0 Å². The van der Waals surface area contributed by atoms with Crippen LogP contribution in [-0.4, -0.2) is 26.3 Å². The molecule has 1 heterocycles. The molecule has 0 amide bonds. The first-order valence-electron chi connectivity index (χ1n) is 8.80. The van der Waals surface area contributed by atoms with E-state index in [2.05, 4.69) is 10.2 Å². The zero-order valence-electron chi connectivity index (χ0n) is 15.1. The van der Waals surface area contributed by atoms with Gasteiger partial charge in [-0.1, -0.05) is 53.7 Å². The lowest BCUT2D eigenvalue weighted by atomic mass is 10.1. The molecule has 0 radical (unpaired) electrons. The number of benzene rings is 3. The van der Waals surface area contributed by atoms with E-state index in [1.165, 1.54) is 23.9 Å². The van der Waals surface area contributed by atoms with Crippen LogP contribution in [-0.2, 0) is 0 Å². The Morgan fingerprint density at radius 3 is 2.31 bits per heavy atom. The van der Waals surface area contributed by atoms with Crippen LogP contribution >= 0.6 is 23.4 Å². The predicted molar refractivity (Wildman–Crippen MR) is 113 cm³/mol. The van der Waals surface area contributed by atoms with E-state index in [1.54, 1.807) is 36.4 Å². The molecule has 0 aliphatic heterocycles. The van der Waals surface area contributed by atoms with Gasteiger partial charge in [0.05, 0.1) is 5.75 Å². The predicted octanol–water partition coefficient (Wildman–Crippen LogP) is 5.70. The Labute approximate surface area is 176 Å². The summed E-state index contributed by atoms with van der Waals surface area (Å²) in [4.78, 5) is 12.5. The van der Waals surface area contributed by atoms with Crippen molar-refractivity contribution < 1.29 is 9.18 Å². The number of carbonyl (C=O) groups is 1. The highest BCUT2D eigenvalue weighted by atomic mass is 35.5. The Morgan fingerprint density at radius 1 is 0.931 bits per heavy atom. The molecule has 0 atom stereocenters. The van der Waals surface area contributed by atoms with Crippen molar-refractivity contribution in [1.82, 2.24) is 14.8 Å². The SMILES string of the molecule is O=C(CSc1nnc(-c2ccccc2)n1-c1ccc(F)cc1)c1ccc(Cl)cc1. The largest absolute Gasteiger partial charge is 0.293 e. The van der Waals surface area contributed by atoms with Crippen LogP contribution in [0.4, 0.5) is 4.39 Å². The average Bonchev–Trinajstić information content (AvgIpc) is 3.17. The molecular weight excluding hydrogens is 409 g/mol. The molecule has 0 N–H and O–H groups in total. The molecule has 0 unspecified atom stereocenters. The Hall–Kier alpha value is -2.96. The minimum atomic E-state index is -0.324. The zero-order chi connectivity index (χ0) is 20.2. The summed E-state index contributed by atoms with van der Waals surface area (Å²) in [6.07, 6.45) is 0. The van der Waals surface area contributed by atoms with Crippen LogP contribution in [0, 0.1) is 5.82 Å². The van der Waals surface area contributed by atoms with Crippen LogP contribution in [0.1, 0.15) is 10.4 Å². The number of carbonyl (C=O) groups excluding carboxylic acids is 1. The van der Waals surface area contributed by atoms with E-state index in [1.807, 2.05) is 34.9 Å². The molecule has 7 heteroatoms. The number of rotatable bonds is 6. The molecule has 4 nitrogen and oxygen atoms in total. The minimum absolute atomic E-state index is 0.0402. The van der Waals surface area contributed by atoms with Gasteiger partial charge in [-0.05, 0) is 48.5 Å². The van der Waals surface area contributed by atoms with Crippen LogP contribution in [0.15, 0.2) is 84.0 Å². The summed E-state index contributed by atoms with van der Waals surface area (Å²) in [5.74, 6) is 0.450. The van der Waals surface area contributed by atoms with Crippen LogP contribution in [0.5, 0.6) is 0 Å². The first kappa shape index (κ1) is 19.4. The topological polar surface area (TPSA) is 47.8 Å². The monoisotopic (exact) mass is 423 g/mol. The van der Waals surface area contributed by atoms with Crippen LogP contribution in [0.25, 0.3) is 17.1 Å². The third kappa shape index (κ3) is 4.39. The van der Waals surface area contributed by atoms with Gasteiger partial charge in [-0.2, -0.15) is 0 Å². The summed E-state index contributed by atoms with van der Waals surface area (Å²) in [6, 6.07) is 22.5. The van der Waals surface area contributed by atoms with Gasteiger partial charge in [-0.3, -0.25) is 9.36 Å². The summed E-state index contributed by atoms with van der Waals surface area (Å²) in [5.41, 5.74) is 2.18. The highest BCUT2D eigenvalue weighted by molar-refractivity contribution is 7.99. The Balaban J connectivity index is 1.66. The maximum atomic E-state index is 13.4. The number of aromatic nitrogens is 3. The van der Waals surface area contributed by atoms with Crippen molar-refractivity contribution in [3.63, 3.8) is 0 Å². The van der Waals surface area contributed by atoms with Crippen molar-refractivity contribution in [3.8, 4) is 17.1 Å². The second-order valence-corrected chi connectivity index (χ2v) is 7.58. The lowest BCUT2D eigenvalue weighted by Crippen LogP contribution is -2.05. The fourth-order valence-electron chi connectivity index (χ4n) is 2.81. The van der Waals surface area contributed by atoms with Crippen LogP contribution < -0.4 is 0 Å². The average molecular weight is 424 g/mol. The molecule has 144 valence electrons. The van der Waals surface area contributed by atoms with Crippen molar-refractivity contribution >= 4 is 29.1 Å². The van der Waals surface area contributed by atoms with E-state index in [-0.39, 0.29) is 17.4 Å². The van der Waals surface area contributed by atoms with E-state index in [0.717, 1.165) is 11.3 Å². The molecule has 29 heavy (non-hydrogen) atoms. The summed E-state index contributed by atoms with van der Waals surface area (Å²) < 4.78 is 15.3. The molecule has 0 saturated heterocycles. The molecule has 0 saturated carbocycles. The summed E-state index contributed by atoms with van der Waals surface area (Å²) in [5, 5.41) is 9.73. The lowest BCUT2D eigenvalue weighted by molar-refractivity contribution is 0.102. The van der Waals surface area contributed by atoms with Gasteiger partial charge in [0.2, 0.25) is 0 Å². The molecule has 0 aliphatic carbocycles. The summed E-state index contributed by atoms with van der Waals surface area (Å²) >= 11 is 7.17. The standard InChI is InChI=1S/C22H15ClFN3OS/c23-17-8-6-15(7-9-17)20(28)14-29-22-26-25-21(16-4-2-1-3-5-16)27(22)19-12-10-18(24)11-13-19/h1-13H,14H2. The maximum absolute atomic E-state index is 13.4. The molecule has 0 aliphatic rings. The van der Waals surface area contributed by atoms with Crippen LogP contribution in [0.3, 0.4) is 0 Å². The summed E-state index contributed by atoms with van der Waals surface area (Å²) in [6.45, 7) is 0. The smallest absolute Gasteiger partial charge is 0.196 e. The molecule has 1 aromatic heterocycles. The van der Waals surface area contributed by atoms with Gasteiger partial charge < -0.3 is 0 Å². The Bertz CT molecular complexity index is 1130. The molecule has 0 spiro atoms. The number of halogens is 2. The first-order valence-corrected chi connectivity index (χ1v) is 10.2. The van der Waals surface area contributed by atoms with Gasteiger partial charge in [-0.15, -0.1) is 10.2 Å². The number of thioether (sulfide) groups is 1. The van der Waals surface area contributed by atoms with Crippen molar-refractivity contribution in [2.24, 2.45) is 0 Å². The van der Waals surface area contributed by atoms with Gasteiger partial charge >= 0.3 is 0 Å². The quantitative estimate of drug-likeness (QED) is 0.295. The summed E-state index contributed by atoms with van der Waals surface area (Å²) in [7, 11) is 0. The van der Waals surface area contributed by atoms with Gasteiger partial charge in [0, 0.05) is 21.8 Å². The molecule has 0 bridgehead atoms. The molecule has 0 fully saturated rings. The highest BCUT2D eigenvalue weighted by Crippen LogP contribution is 2.28. The number of ketones is 1. The van der Waals surface area contributed by atoms with E-state index >= 15 is 0 Å². The molecule has 4 rings (SSSR count).